The van der Waals surface area contributed by atoms with Crippen LogP contribution in [-0.2, 0) is 9.53 Å². The molecule has 0 heterocycles. The Labute approximate surface area is 106 Å². The number of ether oxygens (including phenoxy) is 1. The highest BCUT2D eigenvalue weighted by Crippen LogP contribution is 2.21. The zero-order valence-corrected chi connectivity index (χ0v) is 10.7. The minimum absolute atomic E-state index is 0.0203. The SMILES string of the molecule is CC(C)(C)OC(=O)N(CC=O)c1cccc(O)c1. The summed E-state index contributed by atoms with van der Waals surface area (Å²) >= 11 is 0. The van der Waals surface area contributed by atoms with Crippen LogP contribution >= 0.6 is 0 Å². The van der Waals surface area contributed by atoms with Gasteiger partial charge in [-0.25, -0.2) is 4.79 Å². The van der Waals surface area contributed by atoms with Crippen LogP contribution in [0, 0.1) is 0 Å². The van der Waals surface area contributed by atoms with Crippen LogP contribution in [0.25, 0.3) is 0 Å². The van der Waals surface area contributed by atoms with Crippen LogP contribution in [-0.4, -0.2) is 29.6 Å². The van der Waals surface area contributed by atoms with Crippen molar-refractivity contribution >= 4 is 18.1 Å². The Bertz CT molecular complexity index is 437. The molecule has 18 heavy (non-hydrogen) atoms. The molecule has 1 aromatic carbocycles. The summed E-state index contributed by atoms with van der Waals surface area (Å²) in [6, 6.07) is 6.09. The second-order valence-electron chi connectivity index (χ2n) is 4.78. The van der Waals surface area contributed by atoms with Gasteiger partial charge in [0.25, 0.3) is 0 Å². The Hall–Kier alpha value is -2.04. The van der Waals surface area contributed by atoms with Gasteiger partial charge < -0.3 is 14.6 Å². The van der Waals surface area contributed by atoms with Gasteiger partial charge in [-0.1, -0.05) is 6.07 Å². The fourth-order valence-electron chi connectivity index (χ4n) is 1.34. The summed E-state index contributed by atoms with van der Waals surface area (Å²) in [6.07, 6.45) is -0.0197. The summed E-state index contributed by atoms with van der Waals surface area (Å²) in [7, 11) is 0. The predicted molar refractivity (Wildman–Crippen MR) is 67.8 cm³/mol. The number of rotatable bonds is 3. The van der Waals surface area contributed by atoms with Crippen molar-refractivity contribution in [2.45, 2.75) is 26.4 Å². The van der Waals surface area contributed by atoms with Crippen molar-refractivity contribution < 1.29 is 19.4 Å². The van der Waals surface area contributed by atoms with Crippen LogP contribution in [0.15, 0.2) is 24.3 Å². The lowest BCUT2D eigenvalue weighted by atomic mass is 10.2. The van der Waals surface area contributed by atoms with Gasteiger partial charge in [0.05, 0.1) is 12.2 Å². The van der Waals surface area contributed by atoms with Crippen molar-refractivity contribution in [2.75, 3.05) is 11.4 Å². The first kappa shape index (κ1) is 14.0. The van der Waals surface area contributed by atoms with Gasteiger partial charge >= 0.3 is 6.09 Å². The molecule has 5 heteroatoms. The van der Waals surface area contributed by atoms with Crippen molar-refractivity contribution in [1.29, 1.82) is 0 Å². The quantitative estimate of drug-likeness (QED) is 0.837. The molecular weight excluding hydrogens is 234 g/mol. The zero-order chi connectivity index (χ0) is 13.8. The second-order valence-corrected chi connectivity index (χ2v) is 4.78. The largest absolute Gasteiger partial charge is 0.508 e. The number of phenols is 1. The number of nitrogens with zero attached hydrogens (tertiary/aromatic N) is 1. The highest BCUT2D eigenvalue weighted by Gasteiger charge is 2.23. The first-order valence-corrected chi connectivity index (χ1v) is 5.56. The molecule has 5 nitrogen and oxygen atoms in total. The minimum Gasteiger partial charge on any atom is -0.508 e. The molecule has 0 fully saturated rings. The molecule has 0 bridgehead atoms. The number of carbonyl (C=O) groups excluding carboxylic acids is 2. The summed E-state index contributed by atoms with van der Waals surface area (Å²) in [6.45, 7) is 5.10. The van der Waals surface area contributed by atoms with Crippen LogP contribution in [0.3, 0.4) is 0 Å². The summed E-state index contributed by atoms with van der Waals surface area (Å²) in [4.78, 5) is 23.7. The van der Waals surface area contributed by atoms with Gasteiger partial charge in [-0.2, -0.15) is 0 Å². The maximum atomic E-state index is 11.9. The molecule has 1 amide bonds. The predicted octanol–water partition coefficient (Wildman–Crippen LogP) is 2.33. The topological polar surface area (TPSA) is 66.8 Å². The summed E-state index contributed by atoms with van der Waals surface area (Å²) in [5.74, 6) is 0.0203. The first-order chi connectivity index (χ1) is 8.33. The number of anilines is 1. The highest BCUT2D eigenvalue weighted by atomic mass is 16.6. The van der Waals surface area contributed by atoms with E-state index in [1.54, 1.807) is 32.9 Å². The summed E-state index contributed by atoms with van der Waals surface area (Å²) < 4.78 is 5.19. The zero-order valence-electron chi connectivity index (χ0n) is 10.7. The maximum Gasteiger partial charge on any atom is 0.415 e. The van der Waals surface area contributed by atoms with E-state index in [0.29, 0.717) is 12.0 Å². The molecule has 98 valence electrons. The van der Waals surface area contributed by atoms with Crippen molar-refractivity contribution in [3.63, 3.8) is 0 Å². The normalized spacial score (nSPS) is 10.8. The van der Waals surface area contributed by atoms with Gasteiger partial charge in [0, 0.05) is 6.07 Å². The lowest BCUT2D eigenvalue weighted by Gasteiger charge is -2.26. The van der Waals surface area contributed by atoms with E-state index in [4.69, 9.17) is 4.74 Å². The molecule has 0 aromatic heterocycles. The number of phenolic OH excluding ortho intramolecular Hbond substituents is 1. The average Bonchev–Trinajstić information content (AvgIpc) is 2.23. The number of aldehydes is 1. The van der Waals surface area contributed by atoms with Crippen LogP contribution in [0.5, 0.6) is 5.75 Å². The standard InChI is InChI=1S/C13H17NO4/c1-13(2,3)18-12(17)14(7-8-15)10-5-4-6-11(16)9-10/h4-6,8-9,16H,7H2,1-3H3. The fourth-order valence-corrected chi connectivity index (χ4v) is 1.34. The lowest BCUT2D eigenvalue weighted by Crippen LogP contribution is -2.37. The Balaban J connectivity index is 2.95. The second kappa shape index (κ2) is 5.53. The van der Waals surface area contributed by atoms with Gasteiger partial charge in [0.2, 0.25) is 0 Å². The highest BCUT2D eigenvalue weighted by molar-refractivity contribution is 5.91. The van der Waals surface area contributed by atoms with Crippen molar-refractivity contribution in [3.8, 4) is 5.75 Å². The average molecular weight is 251 g/mol. The monoisotopic (exact) mass is 251 g/mol. The third-order valence-corrected chi connectivity index (χ3v) is 2.01. The summed E-state index contributed by atoms with van der Waals surface area (Å²) in [5, 5.41) is 9.38. The molecule has 0 saturated heterocycles. The first-order valence-electron chi connectivity index (χ1n) is 5.56. The van der Waals surface area contributed by atoms with E-state index in [0.717, 1.165) is 4.90 Å². The van der Waals surface area contributed by atoms with Gasteiger partial charge in [0.1, 0.15) is 17.6 Å². The molecule has 0 atom stereocenters. The molecule has 0 unspecified atom stereocenters. The van der Waals surface area contributed by atoms with Gasteiger partial charge in [-0.15, -0.1) is 0 Å². The fraction of sp³-hybridized carbons (Fsp3) is 0.385. The third kappa shape index (κ3) is 4.08. The van der Waals surface area contributed by atoms with E-state index >= 15 is 0 Å². The Morgan fingerprint density at radius 2 is 2.11 bits per heavy atom. The molecule has 0 radical (unpaired) electrons. The molecule has 1 rings (SSSR count). The smallest absolute Gasteiger partial charge is 0.415 e. The lowest BCUT2D eigenvalue weighted by molar-refractivity contribution is -0.106. The van der Waals surface area contributed by atoms with E-state index in [9.17, 15) is 14.7 Å². The van der Waals surface area contributed by atoms with Crippen LogP contribution in [0.2, 0.25) is 0 Å². The third-order valence-electron chi connectivity index (χ3n) is 2.01. The number of hydrogen-bond acceptors (Lipinski definition) is 4. The molecule has 0 aliphatic rings. The van der Waals surface area contributed by atoms with E-state index in [1.807, 2.05) is 0 Å². The van der Waals surface area contributed by atoms with E-state index in [-0.39, 0.29) is 12.3 Å². The number of benzene rings is 1. The van der Waals surface area contributed by atoms with Gasteiger partial charge in [-0.05, 0) is 32.9 Å². The number of aromatic hydroxyl groups is 1. The number of carbonyl (C=O) groups is 2. The van der Waals surface area contributed by atoms with Gasteiger partial charge in [-0.3, -0.25) is 4.90 Å². The summed E-state index contributed by atoms with van der Waals surface area (Å²) in [5.41, 5.74) is -0.231. The van der Waals surface area contributed by atoms with Crippen LogP contribution < -0.4 is 4.90 Å². The maximum absolute atomic E-state index is 11.9. The van der Waals surface area contributed by atoms with Crippen molar-refractivity contribution in [1.82, 2.24) is 0 Å². The molecule has 1 N–H and O–H groups in total. The minimum atomic E-state index is -0.644. The van der Waals surface area contributed by atoms with Crippen LogP contribution in [0.4, 0.5) is 10.5 Å². The molecule has 0 aliphatic carbocycles. The Kier molecular flexibility index (Phi) is 4.31. The van der Waals surface area contributed by atoms with Gasteiger partial charge in [0.15, 0.2) is 0 Å². The molecule has 0 saturated carbocycles. The molecule has 1 aromatic rings. The Morgan fingerprint density at radius 1 is 1.44 bits per heavy atom. The molecular formula is C13H17NO4. The van der Waals surface area contributed by atoms with Crippen molar-refractivity contribution in [2.24, 2.45) is 0 Å². The number of hydrogen-bond donors (Lipinski definition) is 1. The van der Waals surface area contributed by atoms with E-state index in [1.165, 1.54) is 12.1 Å². The number of amides is 1. The molecule has 0 aliphatic heterocycles. The van der Waals surface area contributed by atoms with E-state index in [2.05, 4.69) is 0 Å². The molecule has 0 spiro atoms. The Morgan fingerprint density at radius 3 is 2.61 bits per heavy atom. The van der Waals surface area contributed by atoms with E-state index < -0.39 is 11.7 Å². The van der Waals surface area contributed by atoms with Crippen molar-refractivity contribution in [3.05, 3.63) is 24.3 Å². The van der Waals surface area contributed by atoms with Crippen LogP contribution in [0.1, 0.15) is 20.8 Å².